The Morgan fingerprint density at radius 1 is 1.54 bits per heavy atom. The van der Waals surface area contributed by atoms with E-state index in [4.69, 9.17) is 0 Å². The Hall–Kier alpha value is -1.17. The van der Waals surface area contributed by atoms with Crippen molar-refractivity contribution in [1.82, 2.24) is 24.5 Å². The first kappa shape index (κ1) is 8.43. The van der Waals surface area contributed by atoms with Gasteiger partial charge in [-0.1, -0.05) is 0 Å². The Morgan fingerprint density at radius 3 is 2.92 bits per heavy atom. The maximum Gasteiger partial charge on any atom is 0.148 e. The van der Waals surface area contributed by atoms with Crippen molar-refractivity contribution in [3.63, 3.8) is 0 Å². The Balaban J connectivity index is 2.19. The highest BCUT2D eigenvalue weighted by Gasteiger charge is 2.02. The van der Waals surface area contributed by atoms with Crippen LogP contribution in [0.4, 0.5) is 0 Å². The summed E-state index contributed by atoms with van der Waals surface area (Å²) >= 11 is 3.28. The van der Waals surface area contributed by atoms with Crippen molar-refractivity contribution in [3.8, 4) is 0 Å². The van der Waals surface area contributed by atoms with E-state index in [9.17, 15) is 0 Å². The summed E-state index contributed by atoms with van der Waals surface area (Å²) in [6, 6.07) is 1.89. The standard InChI is InChI=1S/C7H8BrN5/c1-12-7(9-5-10-12)4-13-3-2-6(8)11-13/h2-3,5H,4H2,1H3. The molecule has 0 aliphatic carbocycles. The molecule has 2 heterocycles. The highest BCUT2D eigenvalue weighted by atomic mass is 79.9. The minimum absolute atomic E-state index is 0.641. The quantitative estimate of drug-likeness (QED) is 0.783. The van der Waals surface area contributed by atoms with Gasteiger partial charge in [-0.3, -0.25) is 9.36 Å². The molecule has 68 valence electrons. The van der Waals surface area contributed by atoms with E-state index >= 15 is 0 Å². The lowest BCUT2D eigenvalue weighted by atomic mass is 10.6. The van der Waals surface area contributed by atoms with E-state index in [0.717, 1.165) is 10.4 Å². The Morgan fingerprint density at radius 2 is 2.38 bits per heavy atom. The third-order valence-corrected chi connectivity index (χ3v) is 2.14. The summed E-state index contributed by atoms with van der Waals surface area (Å²) in [7, 11) is 1.86. The van der Waals surface area contributed by atoms with Crippen LogP contribution in [-0.2, 0) is 13.6 Å². The number of aromatic nitrogens is 5. The zero-order chi connectivity index (χ0) is 9.26. The average molecular weight is 242 g/mol. The molecular weight excluding hydrogens is 234 g/mol. The molecule has 0 aliphatic heterocycles. The van der Waals surface area contributed by atoms with Crippen LogP contribution in [0.1, 0.15) is 5.82 Å². The third-order valence-electron chi connectivity index (χ3n) is 1.72. The van der Waals surface area contributed by atoms with Gasteiger partial charge in [-0.2, -0.15) is 10.2 Å². The third kappa shape index (κ3) is 1.77. The fourth-order valence-electron chi connectivity index (χ4n) is 1.03. The number of hydrogen-bond acceptors (Lipinski definition) is 3. The van der Waals surface area contributed by atoms with E-state index in [1.165, 1.54) is 6.33 Å². The molecule has 2 rings (SSSR count). The molecular formula is C7H8BrN5. The summed E-state index contributed by atoms with van der Waals surface area (Å²) in [6.07, 6.45) is 3.42. The Labute approximate surface area is 83.5 Å². The molecule has 2 aromatic heterocycles. The van der Waals surface area contributed by atoms with Crippen LogP contribution >= 0.6 is 15.9 Å². The number of hydrogen-bond donors (Lipinski definition) is 0. The second kappa shape index (κ2) is 3.29. The average Bonchev–Trinajstić information content (AvgIpc) is 2.64. The summed E-state index contributed by atoms with van der Waals surface area (Å²) in [5, 5.41) is 8.15. The number of aryl methyl sites for hydroxylation is 1. The maximum absolute atomic E-state index is 4.18. The van der Waals surface area contributed by atoms with E-state index in [1.807, 2.05) is 19.3 Å². The largest absolute Gasteiger partial charge is 0.264 e. The van der Waals surface area contributed by atoms with Gasteiger partial charge in [-0.05, 0) is 22.0 Å². The highest BCUT2D eigenvalue weighted by Crippen LogP contribution is 2.05. The van der Waals surface area contributed by atoms with E-state index < -0.39 is 0 Å². The van der Waals surface area contributed by atoms with Gasteiger partial charge in [-0.15, -0.1) is 0 Å². The van der Waals surface area contributed by atoms with Crippen molar-refractivity contribution < 1.29 is 0 Å². The van der Waals surface area contributed by atoms with Crippen molar-refractivity contribution in [2.75, 3.05) is 0 Å². The molecule has 0 radical (unpaired) electrons. The van der Waals surface area contributed by atoms with E-state index in [-0.39, 0.29) is 0 Å². The SMILES string of the molecule is Cn1ncnc1Cn1ccc(Br)n1. The van der Waals surface area contributed by atoms with Crippen LogP contribution in [0.25, 0.3) is 0 Å². The molecule has 6 heteroatoms. The van der Waals surface area contributed by atoms with Crippen molar-refractivity contribution in [3.05, 3.63) is 29.0 Å². The van der Waals surface area contributed by atoms with Crippen LogP contribution in [0.3, 0.4) is 0 Å². The van der Waals surface area contributed by atoms with E-state index in [0.29, 0.717) is 6.54 Å². The summed E-state index contributed by atoms with van der Waals surface area (Å²) in [6.45, 7) is 0.641. The predicted octanol–water partition coefficient (Wildman–Crippen LogP) is 0.822. The van der Waals surface area contributed by atoms with Crippen LogP contribution in [0.15, 0.2) is 23.2 Å². The molecule has 0 fully saturated rings. The minimum Gasteiger partial charge on any atom is -0.264 e. The van der Waals surface area contributed by atoms with Crippen molar-refractivity contribution in [1.29, 1.82) is 0 Å². The summed E-state index contributed by atoms with van der Waals surface area (Å²) in [5.74, 6) is 0.885. The van der Waals surface area contributed by atoms with Crippen LogP contribution in [0.5, 0.6) is 0 Å². The lowest BCUT2D eigenvalue weighted by Crippen LogP contribution is -2.07. The van der Waals surface area contributed by atoms with Crippen molar-refractivity contribution in [2.45, 2.75) is 6.54 Å². The Bertz CT molecular complexity index is 404. The Kier molecular flexibility index (Phi) is 2.13. The lowest BCUT2D eigenvalue weighted by molar-refractivity contribution is 0.605. The molecule has 0 atom stereocenters. The first-order valence-corrected chi connectivity index (χ1v) is 4.57. The van der Waals surface area contributed by atoms with E-state index in [2.05, 4.69) is 31.1 Å². The molecule has 2 aromatic rings. The fourth-order valence-corrected chi connectivity index (χ4v) is 1.36. The van der Waals surface area contributed by atoms with Gasteiger partial charge in [0.2, 0.25) is 0 Å². The molecule has 0 spiro atoms. The van der Waals surface area contributed by atoms with Crippen LogP contribution in [-0.4, -0.2) is 24.5 Å². The molecule has 0 aromatic carbocycles. The van der Waals surface area contributed by atoms with Gasteiger partial charge in [0.25, 0.3) is 0 Å². The topological polar surface area (TPSA) is 48.5 Å². The van der Waals surface area contributed by atoms with Crippen LogP contribution in [0, 0.1) is 0 Å². The number of halogens is 1. The first-order chi connectivity index (χ1) is 6.25. The molecule has 0 saturated carbocycles. The lowest BCUT2D eigenvalue weighted by Gasteiger charge is -1.99. The molecule has 0 N–H and O–H groups in total. The van der Waals surface area contributed by atoms with Crippen LogP contribution < -0.4 is 0 Å². The number of rotatable bonds is 2. The van der Waals surface area contributed by atoms with Gasteiger partial charge in [0.1, 0.15) is 23.3 Å². The van der Waals surface area contributed by atoms with Gasteiger partial charge in [-0.25, -0.2) is 4.98 Å². The minimum atomic E-state index is 0.641. The zero-order valence-corrected chi connectivity index (χ0v) is 8.64. The first-order valence-electron chi connectivity index (χ1n) is 3.77. The smallest absolute Gasteiger partial charge is 0.148 e. The molecule has 0 amide bonds. The normalized spacial score (nSPS) is 10.6. The molecule has 0 bridgehead atoms. The molecule has 5 nitrogen and oxygen atoms in total. The van der Waals surface area contributed by atoms with E-state index in [1.54, 1.807) is 9.36 Å². The predicted molar refractivity (Wildman–Crippen MR) is 50.0 cm³/mol. The summed E-state index contributed by atoms with van der Waals surface area (Å²) < 4.78 is 4.36. The van der Waals surface area contributed by atoms with Gasteiger partial charge < -0.3 is 0 Å². The number of nitrogens with zero attached hydrogens (tertiary/aromatic N) is 5. The second-order valence-corrected chi connectivity index (χ2v) is 3.45. The van der Waals surface area contributed by atoms with Gasteiger partial charge in [0, 0.05) is 13.2 Å². The van der Waals surface area contributed by atoms with Gasteiger partial charge >= 0.3 is 0 Å². The second-order valence-electron chi connectivity index (χ2n) is 2.64. The molecule has 0 unspecified atom stereocenters. The maximum atomic E-state index is 4.18. The molecule has 13 heavy (non-hydrogen) atoms. The van der Waals surface area contributed by atoms with Crippen molar-refractivity contribution in [2.24, 2.45) is 7.05 Å². The van der Waals surface area contributed by atoms with Gasteiger partial charge in [0.15, 0.2) is 0 Å². The summed E-state index contributed by atoms with van der Waals surface area (Å²) in [5.41, 5.74) is 0. The van der Waals surface area contributed by atoms with Crippen molar-refractivity contribution >= 4 is 15.9 Å². The fraction of sp³-hybridized carbons (Fsp3) is 0.286. The monoisotopic (exact) mass is 241 g/mol. The summed E-state index contributed by atoms with van der Waals surface area (Å²) in [4.78, 5) is 4.10. The zero-order valence-electron chi connectivity index (χ0n) is 7.05. The molecule has 0 aliphatic rings. The molecule has 0 saturated heterocycles. The van der Waals surface area contributed by atoms with Gasteiger partial charge in [0.05, 0.1) is 0 Å². The highest BCUT2D eigenvalue weighted by molar-refractivity contribution is 9.10. The van der Waals surface area contributed by atoms with Crippen LogP contribution in [0.2, 0.25) is 0 Å².